The van der Waals surface area contributed by atoms with Crippen LogP contribution in [0.3, 0.4) is 0 Å². The van der Waals surface area contributed by atoms with E-state index >= 15 is 0 Å². The Kier molecular flexibility index (Phi) is 4.18. The van der Waals surface area contributed by atoms with Gasteiger partial charge in [-0.3, -0.25) is 4.79 Å². The molecule has 4 rings (SSSR count). The molecule has 0 fully saturated rings. The molecule has 0 radical (unpaired) electrons. The lowest BCUT2D eigenvalue weighted by Gasteiger charge is -1.90. The molecule has 2 heterocycles. The summed E-state index contributed by atoms with van der Waals surface area (Å²) in [4.78, 5) is 16.6. The minimum atomic E-state index is 0.668. The molecule has 3 nitrogen and oxygen atoms in total. The van der Waals surface area contributed by atoms with Gasteiger partial charge in [0.1, 0.15) is 0 Å². The predicted octanol–water partition coefficient (Wildman–Crippen LogP) is 5.46. The largest absolute Gasteiger partial charge is 0.361 e. The van der Waals surface area contributed by atoms with Gasteiger partial charge in [-0.1, -0.05) is 35.3 Å². The van der Waals surface area contributed by atoms with Crippen LogP contribution in [0.2, 0.25) is 10.0 Å². The molecule has 2 aromatic heterocycles. The predicted molar refractivity (Wildman–Crippen MR) is 92.0 cm³/mol. The molecule has 110 valence electrons. The molecule has 0 atom stereocenters. The molecule has 0 bridgehead atoms. The summed E-state index contributed by atoms with van der Waals surface area (Å²) in [6, 6.07) is 13.2. The van der Waals surface area contributed by atoms with E-state index in [1.807, 2.05) is 36.5 Å². The van der Waals surface area contributed by atoms with Crippen molar-refractivity contribution in [1.82, 2.24) is 9.97 Å². The van der Waals surface area contributed by atoms with Crippen molar-refractivity contribution in [2.75, 3.05) is 0 Å². The topological polar surface area (TPSA) is 48.6 Å². The molecule has 0 amide bonds. The first-order valence-electron chi connectivity index (χ1n) is 6.62. The van der Waals surface area contributed by atoms with Gasteiger partial charge >= 0.3 is 0 Å². The molecule has 0 saturated heterocycles. The number of carbonyl (C=O) groups excluding carboxylic acids is 1. The first-order chi connectivity index (χ1) is 10.7. The van der Waals surface area contributed by atoms with Gasteiger partial charge in [-0.2, -0.15) is 0 Å². The number of H-pyrrole nitrogens is 2. The lowest BCUT2D eigenvalue weighted by atomic mass is 10.2. The highest BCUT2D eigenvalue weighted by molar-refractivity contribution is 6.31. The van der Waals surface area contributed by atoms with Crippen molar-refractivity contribution >= 4 is 51.3 Å². The Morgan fingerprint density at radius 3 is 2.36 bits per heavy atom. The van der Waals surface area contributed by atoms with Crippen LogP contribution in [0.25, 0.3) is 21.8 Å². The second-order valence-corrected chi connectivity index (χ2v) is 5.63. The molecule has 0 aliphatic carbocycles. The van der Waals surface area contributed by atoms with Gasteiger partial charge in [0, 0.05) is 44.4 Å². The quantitative estimate of drug-likeness (QED) is 0.447. The van der Waals surface area contributed by atoms with Crippen LogP contribution in [-0.4, -0.2) is 16.3 Å². The van der Waals surface area contributed by atoms with E-state index in [1.165, 1.54) is 5.39 Å². The van der Waals surface area contributed by atoms with Crippen LogP contribution in [0.4, 0.5) is 0 Å². The Balaban J connectivity index is 0.000000133. The number of hydrogen-bond acceptors (Lipinski definition) is 1. The van der Waals surface area contributed by atoms with E-state index in [9.17, 15) is 4.79 Å². The fourth-order valence-electron chi connectivity index (χ4n) is 2.24. The van der Waals surface area contributed by atoms with Crippen LogP contribution in [0.1, 0.15) is 10.4 Å². The molecular formula is C17H12Cl2N2O. The van der Waals surface area contributed by atoms with Crippen molar-refractivity contribution in [3.8, 4) is 0 Å². The van der Waals surface area contributed by atoms with Gasteiger partial charge in [0.15, 0.2) is 6.29 Å². The van der Waals surface area contributed by atoms with Crippen molar-refractivity contribution in [3.05, 3.63) is 70.5 Å². The number of benzene rings is 2. The molecule has 2 aromatic carbocycles. The third kappa shape index (κ3) is 3.01. The minimum absolute atomic E-state index is 0.668. The number of carbonyl (C=O) groups is 1. The molecule has 0 aliphatic heterocycles. The summed E-state index contributed by atoms with van der Waals surface area (Å²) in [5.74, 6) is 0. The summed E-state index contributed by atoms with van der Waals surface area (Å²) < 4.78 is 0. The second-order valence-electron chi connectivity index (χ2n) is 4.76. The Bertz CT molecular complexity index is 940. The number of aromatic nitrogens is 2. The van der Waals surface area contributed by atoms with E-state index in [4.69, 9.17) is 23.2 Å². The molecule has 4 aromatic rings. The monoisotopic (exact) mass is 330 g/mol. The van der Waals surface area contributed by atoms with Gasteiger partial charge in [0.25, 0.3) is 0 Å². The summed E-state index contributed by atoms with van der Waals surface area (Å²) in [7, 11) is 0. The number of fused-ring (bicyclic) bond motifs is 2. The van der Waals surface area contributed by atoms with E-state index in [-0.39, 0.29) is 0 Å². The van der Waals surface area contributed by atoms with Crippen molar-refractivity contribution in [3.63, 3.8) is 0 Å². The van der Waals surface area contributed by atoms with Crippen LogP contribution >= 0.6 is 23.2 Å². The molecule has 5 heteroatoms. The standard InChI is InChI=1S/C9H6ClNO.C8H6ClN/c10-7-1-2-8-6(5-12)4-11-9(8)3-7;9-7-2-1-6-3-4-10-8(6)5-7/h1-5,11H;1-5,10H. The van der Waals surface area contributed by atoms with Crippen LogP contribution in [0.5, 0.6) is 0 Å². The number of aldehydes is 1. The summed E-state index contributed by atoms with van der Waals surface area (Å²) in [5, 5.41) is 3.55. The van der Waals surface area contributed by atoms with Crippen LogP contribution in [0, 0.1) is 0 Å². The van der Waals surface area contributed by atoms with Crippen molar-refractivity contribution in [2.24, 2.45) is 0 Å². The Labute approximate surface area is 136 Å². The third-order valence-electron chi connectivity index (χ3n) is 3.32. The van der Waals surface area contributed by atoms with Gasteiger partial charge < -0.3 is 9.97 Å². The van der Waals surface area contributed by atoms with E-state index in [0.717, 1.165) is 27.7 Å². The van der Waals surface area contributed by atoms with Crippen molar-refractivity contribution in [2.45, 2.75) is 0 Å². The third-order valence-corrected chi connectivity index (χ3v) is 3.79. The zero-order chi connectivity index (χ0) is 15.5. The van der Waals surface area contributed by atoms with Crippen molar-refractivity contribution in [1.29, 1.82) is 0 Å². The fraction of sp³-hybridized carbons (Fsp3) is 0. The number of rotatable bonds is 1. The van der Waals surface area contributed by atoms with E-state index in [2.05, 4.69) is 9.97 Å². The minimum Gasteiger partial charge on any atom is -0.361 e. The first kappa shape index (κ1) is 14.7. The zero-order valence-corrected chi connectivity index (χ0v) is 12.9. The Morgan fingerprint density at radius 2 is 1.59 bits per heavy atom. The second kappa shape index (κ2) is 6.26. The lowest BCUT2D eigenvalue weighted by molar-refractivity contribution is 0.112. The van der Waals surface area contributed by atoms with Crippen molar-refractivity contribution < 1.29 is 4.79 Å². The van der Waals surface area contributed by atoms with Crippen LogP contribution in [-0.2, 0) is 0 Å². The molecular weight excluding hydrogens is 319 g/mol. The average molecular weight is 331 g/mol. The normalized spacial score (nSPS) is 10.5. The van der Waals surface area contributed by atoms with E-state index < -0.39 is 0 Å². The maximum atomic E-state index is 10.5. The van der Waals surface area contributed by atoms with Gasteiger partial charge in [0.05, 0.1) is 0 Å². The summed E-state index contributed by atoms with van der Waals surface area (Å²) in [6.45, 7) is 0. The van der Waals surface area contributed by atoms with Gasteiger partial charge in [-0.05, 0) is 35.7 Å². The molecule has 0 spiro atoms. The first-order valence-corrected chi connectivity index (χ1v) is 7.37. The highest BCUT2D eigenvalue weighted by Crippen LogP contribution is 2.20. The molecule has 0 saturated carbocycles. The summed E-state index contributed by atoms with van der Waals surface area (Å²) >= 11 is 11.5. The van der Waals surface area contributed by atoms with Crippen LogP contribution in [0.15, 0.2) is 54.9 Å². The van der Waals surface area contributed by atoms with Gasteiger partial charge in [0.2, 0.25) is 0 Å². The maximum Gasteiger partial charge on any atom is 0.152 e. The highest BCUT2D eigenvalue weighted by atomic mass is 35.5. The SMILES string of the molecule is Clc1ccc2cc[nH]c2c1.O=Cc1c[nH]c2cc(Cl)ccc12. The summed E-state index contributed by atoms with van der Waals surface area (Å²) in [5.41, 5.74) is 2.65. The average Bonchev–Trinajstić information content (AvgIpc) is 3.12. The lowest BCUT2D eigenvalue weighted by Crippen LogP contribution is -1.73. The smallest absolute Gasteiger partial charge is 0.152 e. The van der Waals surface area contributed by atoms with E-state index in [1.54, 1.807) is 18.3 Å². The van der Waals surface area contributed by atoms with Crippen LogP contribution < -0.4 is 0 Å². The van der Waals surface area contributed by atoms with Gasteiger partial charge in [-0.15, -0.1) is 0 Å². The Morgan fingerprint density at radius 1 is 0.864 bits per heavy atom. The number of hydrogen-bond donors (Lipinski definition) is 2. The Hall–Kier alpha value is -2.23. The van der Waals surface area contributed by atoms with E-state index in [0.29, 0.717) is 10.6 Å². The molecule has 2 N–H and O–H groups in total. The summed E-state index contributed by atoms with van der Waals surface area (Å²) in [6.07, 6.45) is 4.40. The highest BCUT2D eigenvalue weighted by Gasteiger charge is 2.01. The zero-order valence-electron chi connectivity index (χ0n) is 11.4. The number of halogens is 2. The van der Waals surface area contributed by atoms with Gasteiger partial charge in [-0.25, -0.2) is 0 Å². The molecule has 0 unspecified atom stereocenters. The number of aromatic amines is 2. The molecule has 22 heavy (non-hydrogen) atoms. The fourth-order valence-corrected chi connectivity index (χ4v) is 2.58. The maximum absolute atomic E-state index is 10.5. The number of nitrogens with one attached hydrogen (secondary N) is 2. The molecule has 0 aliphatic rings.